The quantitative estimate of drug-likeness (QED) is 0.271. The molecule has 0 aliphatic carbocycles. The van der Waals surface area contributed by atoms with Gasteiger partial charge in [-0.05, 0) is 55.5 Å². The first kappa shape index (κ1) is 22.4. The first-order valence-corrected chi connectivity index (χ1v) is 10.6. The smallest absolute Gasteiger partial charge is 0.243 e. The van der Waals surface area contributed by atoms with Crippen molar-refractivity contribution in [1.82, 2.24) is 15.0 Å². The van der Waals surface area contributed by atoms with Gasteiger partial charge in [-0.15, -0.1) is 0 Å². The molecule has 0 spiro atoms. The highest BCUT2D eigenvalue weighted by Crippen LogP contribution is 2.18. The SMILES string of the molecule is CC(=O)c1ccc(NC(=O)CNc2nc(Nc3ccccc3)nc(Nc3ccccc3)n2)cc1. The van der Waals surface area contributed by atoms with Gasteiger partial charge in [0.15, 0.2) is 5.78 Å². The molecule has 0 atom stereocenters. The summed E-state index contributed by atoms with van der Waals surface area (Å²) in [5.41, 5.74) is 2.80. The summed E-state index contributed by atoms with van der Waals surface area (Å²) in [7, 11) is 0. The van der Waals surface area contributed by atoms with E-state index < -0.39 is 0 Å². The third kappa shape index (κ3) is 6.36. The Balaban J connectivity index is 1.46. The van der Waals surface area contributed by atoms with Crippen molar-refractivity contribution < 1.29 is 9.59 Å². The molecule has 34 heavy (non-hydrogen) atoms. The lowest BCUT2D eigenvalue weighted by Gasteiger charge is -2.12. The number of benzene rings is 3. The van der Waals surface area contributed by atoms with Gasteiger partial charge < -0.3 is 21.3 Å². The Bertz CT molecular complexity index is 1200. The number of aromatic nitrogens is 3. The lowest BCUT2D eigenvalue weighted by atomic mass is 10.1. The van der Waals surface area contributed by atoms with Gasteiger partial charge in [0.1, 0.15) is 0 Å². The summed E-state index contributed by atoms with van der Waals surface area (Å²) in [5, 5.41) is 12.0. The molecule has 4 aromatic rings. The monoisotopic (exact) mass is 453 g/mol. The Hall–Kier alpha value is -4.79. The van der Waals surface area contributed by atoms with Crippen LogP contribution in [0.5, 0.6) is 0 Å². The summed E-state index contributed by atoms with van der Waals surface area (Å²) < 4.78 is 0. The number of anilines is 6. The first-order valence-electron chi connectivity index (χ1n) is 10.6. The van der Waals surface area contributed by atoms with Crippen LogP contribution in [0.15, 0.2) is 84.9 Å². The summed E-state index contributed by atoms with van der Waals surface area (Å²) in [6, 6.07) is 25.7. The number of rotatable bonds is 9. The number of amides is 1. The summed E-state index contributed by atoms with van der Waals surface area (Å²) >= 11 is 0. The van der Waals surface area contributed by atoms with Crippen molar-refractivity contribution in [2.24, 2.45) is 0 Å². The third-order valence-corrected chi connectivity index (χ3v) is 4.68. The van der Waals surface area contributed by atoms with Crippen molar-refractivity contribution in [2.75, 3.05) is 27.8 Å². The Morgan fingerprint density at radius 1 is 0.647 bits per heavy atom. The maximum Gasteiger partial charge on any atom is 0.243 e. The molecule has 9 nitrogen and oxygen atoms in total. The molecule has 0 unspecified atom stereocenters. The summed E-state index contributed by atoms with van der Waals surface area (Å²) in [4.78, 5) is 37.0. The summed E-state index contributed by atoms with van der Waals surface area (Å²) in [6.07, 6.45) is 0. The van der Waals surface area contributed by atoms with E-state index in [0.29, 0.717) is 23.1 Å². The van der Waals surface area contributed by atoms with Crippen LogP contribution in [-0.4, -0.2) is 33.2 Å². The molecule has 0 saturated heterocycles. The number of Topliss-reactive ketones (excluding diaryl/α,β-unsaturated/α-hetero) is 1. The molecule has 0 radical (unpaired) electrons. The van der Waals surface area contributed by atoms with Crippen molar-refractivity contribution in [2.45, 2.75) is 6.92 Å². The van der Waals surface area contributed by atoms with E-state index in [1.807, 2.05) is 60.7 Å². The minimum Gasteiger partial charge on any atom is -0.345 e. The maximum atomic E-state index is 12.4. The maximum absolute atomic E-state index is 12.4. The molecule has 170 valence electrons. The Morgan fingerprint density at radius 3 is 1.65 bits per heavy atom. The molecule has 1 heterocycles. The van der Waals surface area contributed by atoms with Crippen LogP contribution >= 0.6 is 0 Å². The normalized spacial score (nSPS) is 10.3. The van der Waals surface area contributed by atoms with Gasteiger partial charge in [-0.3, -0.25) is 9.59 Å². The lowest BCUT2D eigenvalue weighted by molar-refractivity contribution is -0.114. The minimum absolute atomic E-state index is 0.0331. The van der Waals surface area contributed by atoms with Gasteiger partial charge in [0.25, 0.3) is 0 Å². The molecular formula is C25H23N7O2. The van der Waals surface area contributed by atoms with Crippen molar-refractivity contribution >= 4 is 46.6 Å². The second kappa shape index (κ2) is 10.7. The number of carbonyl (C=O) groups excluding carboxylic acids is 2. The Kier molecular flexibility index (Phi) is 7.04. The number of carbonyl (C=O) groups is 2. The fraction of sp³-hybridized carbons (Fsp3) is 0.0800. The zero-order valence-corrected chi connectivity index (χ0v) is 18.4. The van der Waals surface area contributed by atoms with Crippen molar-refractivity contribution in [1.29, 1.82) is 0 Å². The molecule has 0 aliphatic rings. The predicted octanol–water partition coefficient (Wildman–Crippen LogP) is 4.61. The highest BCUT2D eigenvalue weighted by atomic mass is 16.2. The molecule has 1 amide bonds. The molecule has 0 bridgehead atoms. The largest absolute Gasteiger partial charge is 0.345 e. The fourth-order valence-electron chi connectivity index (χ4n) is 3.02. The van der Waals surface area contributed by atoms with Gasteiger partial charge in [-0.25, -0.2) is 0 Å². The molecule has 3 aromatic carbocycles. The third-order valence-electron chi connectivity index (χ3n) is 4.68. The van der Waals surface area contributed by atoms with E-state index in [2.05, 4.69) is 36.2 Å². The van der Waals surface area contributed by atoms with Crippen LogP contribution in [0.25, 0.3) is 0 Å². The number of nitrogens with zero attached hydrogens (tertiary/aromatic N) is 3. The van der Waals surface area contributed by atoms with E-state index in [-0.39, 0.29) is 24.2 Å². The molecule has 9 heteroatoms. The topological polar surface area (TPSA) is 121 Å². The molecule has 4 N–H and O–H groups in total. The van der Waals surface area contributed by atoms with Crippen LogP contribution in [-0.2, 0) is 4.79 Å². The van der Waals surface area contributed by atoms with E-state index in [1.54, 1.807) is 24.3 Å². The standard InChI is InChI=1S/C25H23N7O2/c1-17(33)18-12-14-21(15-13-18)27-22(34)16-26-23-30-24(28-19-8-4-2-5-9-19)32-25(31-23)29-20-10-6-3-7-11-20/h2-15H,16H2,1H3,(H,27,34)(H3,26,28,29,30,31,32). The van der Waals surface area contributed by atoms with E-state index >= 15 is 0 Å². The second-order valence-electron chi connectivity index (χ2n) is 7.32. The average molecular weight is 454 g/mol. The first-order chi connectivity index (χ1) is 16.5. The van der Waals surface area contributed by atoms with E-state index in [4.69, 9.17) is 0 Å². The molecular weight excluding hydrogens is 430 g/mol. The zero-order chi connectivity index (χ0) is 23.8. The van der Waals surface area contributed by atoms with Gasteiger partial charge >= 0.3 is 0 Å². The van der Waals surface area contributed by atoms with Gasteiger partial charge in [-0.1, -0.05) is 36.4 Å². The lowest BCUT2D eigenvalue weighted by Crippen LogP contribution is -2.23. The van der Waals surface area contributed by atoms with Crippen molar-refractivity contribution in [3.63, 3.8) is 0 Å². The molecule has 1 aromatic heterocycles. The van der Waals surface area contributed by atoms with Crippen molar-refractivity contribution in [3.8, 4) is 0 Å². The van der Waals surface area contributed by atoms with Crippen LogP contribution < -0.4 is 21.3 Å². The zero-order valence-electron chi connectivity index (χ0n) is 18.4. The van der Waals surface area contributed by atoms with Gasteiger partial charge in [0.05, 0.1) is 6.54 Å². The predicted molar refractivity (Wildman–Crippen MR) is 133 cm³/mol. The molecule has 0 aliphatic heterocycles. The van der Waals surface area contributed by atoms with E-state index in [9.17, 15) is 9.59 Å². The summed E-state index contributed by atoms with van der Waals surface area (Å²) in [6.45, 7) is 1.43. The number of nitrogens with one attached hydrogen (secondary N) is 4. The molecule has 0 fully saturated rings. The number of hydrogen-bond donors (Lipinski definition) is 4. The highest BCUT2D eigenvalue weighted by Gasteiger charge is 2.10. The molecule has 4 rings (SSSR count). The highest BCUT2D eigenvalue weighted by molar-refractivity contribution is 5.96. The second-order valence-corrected chi connectivity index (χ2v) is 7.32. The molecule has 0 saturated carbocycles. The van der Waals surface area contributed by atoms with Crippen LogP contribution in [0.2, 0.25) is 0 Å². The van der Waals surface area contributed by atoms with E-state index in [0.717, 1.165) is 11.4 Å². The van der Waals surface area contributed by atoms with Gasteiger partial charge in [0, 0.05) is 22.6 Å². The van der Waals surface area contributed by atoms with Crippen LogP contribution in [0.3, 0.4) is 0 Å². The fourth-order valence-corrected chi connectivity index (χ4v) is 3.02. The van der Waals surface area contributed by atoms with Crippen molar-refractivity contribution in [3.05, 3.63) is 90.5 Å². The van der Waals surface area contributed by atoms with Crippen LogP contribution in [0, 0.1) is 0 Å². The minimum atomic E-state index is -0.286. The van der Waals surface area contributed by atoms with Crippen LogP contribution in [0.1, 0.15) is 17.3 Å². The summed E-state index contributed by atoms with van der Waals surface area (Å²) in [5.74, 6) is 0.555. The van der Waals surface area contributed by atoms with E-state index in [1.165, 1.54) is 6.92 Å². The van der Waals surface area contributed by atoms with Crippen LogP contribution in [0.4, 0.5) is 34.9 Å². The van der Waals surface area contributed by atoms with Gasteiger partial charge in [0.2, 0.25) is 23.8 Å². The number of para-hydroxylation sites is 2. The number of hydrogen-bond acceptors (Lipinski definition) is 8. The average Bonchev–Trinajstić information content (AvgIpc) is 2.84. The Labute approximate surface area is 196 Å². The van der Waals surface area contributed by atoms with Gasteiger partial charge in [-0.2, -0.15) is 15.0 Å². The Morgan fingerprint density at radius 2 is 1.15 bits per heavy atom. The number of ketones is 1.